The average molecular weight is 184 g/mol. The first-order valence-electron chi connectivity index (χ1n) is 4.63. The Morgan fingerprint density at radius 2 is 1.93 bits per heavy atom. The Balaban J connectivity index is 2.68. The Morgan fingerprint density at radius 3 is 2.71 bits per heavy atom. The standard InChI is InChI=1S/C13H12O/c1-2-5-11-9-8-10-6-3-4-7-12(10)13(11)14/h2-4,6-9,14H,1,5H2. The van der Waals surface area contributed by atoms with Crippen LogP contribution >= 0.6 is 0 Å². The molecular weight excluding hydrogens is 172 g/mol. The summed E-state index contributed by atoms with van der Waals surface area (Å²) in [4.78, 5) is 0. The van der Waals surface area contributed by atoms with Crippen LogP contribution in [0, 0.1) is 0 Å². The number of benzene rings is 2. The molecule has 1 heteroatoms. The molecule has 0 atom stereocenters. The maximum absolute atomic E-state index is 9.93. The third-order valence-corrected chi connectivity index (χ3v) is 2.35. The SMILES string of the molecule is C=CCc1ccc2ccccc2c1O. The smallest absolute Gasteiger partial charge is 0.126 e. The second-order valence-electron chi connectivity index (χ2n) is 3.29. The maximum atomic E-state index is 9.93. The monoisotopic (exact) mass is 184 g/mol. The van der Waals surface area contributed by atoms with E-state index in [0.717, 1.165) is 16.3 Å². The molecule has 0 unspecified atom stereocenters. The normalized spacial score (nSPS) is 10.3. The molecule has 0 aliphatic rings. The van der Waals surface area contributed by atoms with Gasteiger partial charge in [0.25, 0.3) is 0 Å². The number of hydrogen-bond acceptors (Lipinski definition) is 1. The van der Waals surface area contributed by atoms with Gasteiger partial charge in [-0.2, -0.15) is 0 Å². The zero-order chi connectivity index (χ0) is 9.97. The van der Waals surface area contributed by atoms with E-state index in [0.29, 0.717) is 12.2 Å². The van der Waals surface area contributed by atoms with Crippen molar-refractivity contribution < 1.29 is 5.11 Å². The van der Waals surface area contributed by atoms with Crippen molar-refractivity contribution in [1.82, 2.24) is 0 Å². The van der Waals surface area contributed by atoms with Gasteiger partial charge in [-0.05, 0) is 17.4 Å². The third kappa shape index (κ3) is 1.37. The molecule has 2 rings (SSSR count). The molecule has 0 fully saturated rings. The van der Waals surface area contributed by atoms with Crippen molar-refractivity contribution in [2.24, 2.45) is 0 Å². The molecule has 0 aliphatic carbocycles. The van der Waals surface area contributed by atoms with Crippen molar-refractivity contribution in [3.05, 3.63) is 54.6 Å². The Labute approximate surface area is 83.3 Å². The van der Waals surface area contributed by atoms with Crippen LogP contribution in [0.2, 0.25) is 0 Å². The van der Waals surface area contributed by atoms with Crippen molar-refractivity contribution in [2.45, 2.75) is 6.42 Å². The van der Waals surface area contributed by atoms with Crippen molar-refractivity contribution >= 4 is 10.8 Å². The molecule has 0 radical (unpaired) electrons. The second kappa shape index (κ2) is 3.54. The van der Waals surface area contributed by atoms with Gasteiger partial charge in [0.05, 0.1) is 0 Å². The van der Waals surface area contributed by atoms with Gasteiger partial charge in [-0.25, -0.2) is 0 Å². The van der Waals surface area contributed by atoms with E-state index in [2.05, 4.69) is 6.58 Å². The summed E-state index contributed by atoms with van der Waals surface area (Å²) in [5, 5.41) is 11.9. The average Bonchev–Trinajstić information content (AvgIpc) is 2.23. The lowest BCUT2D eigenvalue weighted by molar-refractivity contribution is 0.476. The molecule has 2 aromatic rings. The fraction of sp³-hybridized carbons (Fsp3) is 0.0769. The molecule has 0 bridgehead atoms. The fourth-order valence-electron chi connectivity index (χ4n) is 1.62. The molecule has 0 spiro atoms. The zero-order valence-electron chi connectivity index (χ0n) is 7.90. The van der Waals surface area contributed by atoms with E-state index in [4.69, 9.17) is 0 Å². The number of hydrogen-bond donors (Lipinski definition) is 1. The molecular formula is C13H12O. The van der Waals surface area contributed by atoms with E-state index in [1.54, 1.807) is 6.08 Å². The zero-order valence-corrected chi connectivity index (χ0v) is 7.90. The van der Waals surface area contributed by atoms with Gasteiger partial charge < -0.3 is 5.11 Å². The Morgan fingerprint density at radius 1 is 1.14 bits per heavy atom. The van der Waals surface area contributed by atoms with Crippen molar-refractivity contribution in [3.63, 3.8) is 0 Å². The Hall–Kier alpha value is -1.76. The Bertz CT molecular complexity index is 472. The van der Waals surface area contributed by atoms with Crippen LogP contribution < -0.4 is 0 Å². The van der Waals surface area contributed by atoms with Crippen LogP contribution in [-0.2, 0) is 6.42 Å². The van der Waals surface area contributed by atoms with Crippen LogP contribution in [0.4, 0.5) is 0 Å². The first kappa shape index (κ1) is 8.82. The van der Waals surface area contributed by atoms with Crippen LogP contribution in [0.3, 0.4) is 0 Å². The van der Waals surface area contributed by atoms with Crippen LogP contribution in [-0.4, -0.2) is 5.11 Å². The van der Waals surface area contributed by atoms with Gasteiger partial charge >= 0.3 is 0 Å². The number of phenols is 1. The minimum absolute atomic E-state index is 0.378. The first-order valence-corrected chi connectivity index (χ1v) is 4.63. The molecule has 70 valence electrons. The summed E-state index contributed by atoms with van der Waals surface area (Å²) < 4.78 is 0. The van der Waals surface area contributed by atoms with E-state index in [-0.39, 0.29) is 0 Å². The van der Waals surface area contributed by atoms with E-state index in [1.807, 2.05) is 36.4 Å². The highest BCUT2D eigenvalue weighted by molar-refractivity contribution is 5.89. The van der Waals surface area contributed by atoms with Gasteiger partial charge in [0.1, 0.15) is 5.75 Å². The molecule has 0 heterocycles. The predicted molar refractivity (Wildman–Crippen MR) is 59.5 cm³/mol. The summed E-state index contributed by atoms with van der Waals surface area (Å²) in [7, 11) is 0. The van der Waals surface area contributed by atoms with E-state index in [9.17, 15) is 5.11 Å². The fourth-order valence-corrected chi connectivity index (χ4v) is 1.62. The Kier molecular flexibility index (Phi) is 2.23. The summed E-state index contributed by atoms with van der Waals surface area (Å²) in [6.45, 7) is 3.67. The van der Waals surface area contributed by atoms with Crippen molar-refractivity contribution in [1.29, 1.82) is 0 Å². The first-order chi connectivity index (χ1) is 6.83. The van der Waals surface area contributed by atoms with Crippen molar-refractivity contribution in [2.75, 3.05) is 0 Å². The van der Waals surface area contributed by atoms with Crippen molar-refractivity contribution in [3.8, 4) is 5.75 Å². The van der Waals surface area contributed by atoms with Gasteiger partial charge in [0.15, 0.2) is 0 Å². The number of aromatic hydroxyl groups is 1. The largest absolute Gasteiger partial charge is 0.507 e. The molecule has 0 amide bonds. The molecule has 0 saturated carbocycles. The predicted octanol–water partition coefficient (Wildman–Crippen LogP) is 3.27. The molecule has 0 aromatic heterocycles. The van der Waals surface area contributed by atoms with Crippen LogP contribution in [0.1, 0.15) is 5.56 Å². The number of phenolic OH excluding ortho intramolecular Hbond substituents is 1. The molecule has 1 N–H and O–H groups in total. The molecule has 2 aromatic carbocycles. The number of fused-ring (bicyclic) bond motifs is 1. The van der Waals surface area contributed by atoms with E-state index < -0.39 is 0 Å². The molecule has 1 nitrogen and oxygen atoms in total. The maximum Gasteiger partial charge on any atom is 0.126 e. The summed E-state index contributed by atoms with van der Waals surface area (Å²) in [6, 6.07) is 11.8. The van der Waals surface area contributed by atoms with Crippen LogP contribution in [0.25, 0.3) is 10.8 Å². The molecule has 14 heavy (non-hydrogen) atoms. The highest BCUT2D eigenvalue weighted by atomic mass is 16.3. The van der Waals surface area contributed by atoms with E-state index >= 15 is 0 Å². The van der Waals surface area contributed by atoms with Crippen LogP contribution in [0.15, 0.2) is 49.1 Å². The highest BCUT2D eigenvalue weighted by Gasteiger charge is 2.03. The lowest BCUT2D eigenvalue weighted by Gasteiger charge is -2.05. The molecule has 0 saturated heterocycles. The summed E-state index contributed by atoms with van der Waals surface area (Å²) >= 11 is 0. The summed E-state index contributed by atoms with van der Waals surface area (Å²) in [5.74, 6) is 0.378. The minimum Gasteiger partial charge on any atom is -0.507 e. The van der Waals surface area contributed by atoms with Crippen LogP contribution in [0.5, 0.6) is 5.75 Å². The summed E-state index contributed by atoms with van der Waals surface area (Å²) in [6.07, 6.45) is 2.50. The highest BCUT2D eigenvalue weighted by Crippen LogP contribution is 2.28. The minimum atomic E-state index is 0.378. The quantitative estimate of drug-likeness (QED) is 0.710. The van der Waals surface area contributed by atoms with Gasteiger partial charge in [0, 0.05) is 5.39 Å². The number of rotatable bonds is 2. The van der Waals surface area contributed by atoms with Gasteiger partial charge in [-0.15, -0.1) is 6.58 Å². The number of allylic oxidation sites excluding steroid dienone is 1. The van der Waals surface area contributed by atoms with E-state index in [1.165, 1.54) is 0 Å². The second-order valence-corrected chi connectivity index (χ2v) is 3.29. The van der Waals surface area contributed by atoms with Gasteiger partial charge in [-0.3, -0.25) is 0 Å². The topological polar surface area (TPSA) is 20.2 Å². The van der Waals surface area contributed by atoms with Gasteiger partial charge in [-0.1, -0.05) is 42.5 Å². The molecule has 0 aliphatic heterocycles. The summed E-state index contributed by atoms with van der Waals surface area (Å²) in [5.41, 5.74) is 0.929. The lowest BCUT2D eigenvalue weighted by Crippen LogP contribution is -1.83. The lowest BCUT2D eigenvalue weighted by atomic mass is 10.0. The third-order valence-electron chi connectivity index (χ3n) is 2.35. The van der Waals surface area contributed by atoms with Gasteiger partial charge in [0.2, 0.25) is 0 Å².